The fourth-order valence-corrected chi connectivity index (χ4v) is 1.68. The molecule has 1 aromatic carbocycles. The van der Waals surface area contributed by atoms with Gasteiger partial charge in [0.15, 0.2) is 5.82 Å². The minimum Gasteiger partial charge on any atom is -0.460 e. The molecule has 0 unspecified atom stereocenters. The number of nitrogens with one attached hydrogen (secondary N) is 1. The van der Waals surface area contributed by atoms with Crippen molar-refractivity contribution in [3.63, 3.8) is 0 Å². The minimum absolute atomic E-state index is 0.0471. The highest BCUT2D eigenvalue weighted by Crippen LogP contribution is 2.22. The summed E-state index contributed by atoms with van der Waals surface area (Å²) in [6.45, 7) is 1.92. The van der Waals surface area contributed by atoms with Crippen molar-refractivity contribution in [1.82, 2.24) is 15.2 Å². The van der Waals surface area contributed by atoms with Crippen molar-refractivity contribution in [3.8, 4) is 11.4 Å². The number of esters is 1. The van der Waals surface area contributed by atoms with E-state index in [1.807, 2.05) is 0 Å². The Labute approximate surface area is 111 Å². The molecule has 0 radical (unpaired) electrons. The van der Waals surface area contributed by atoms with Crippen LogP contribution in [0.4, 0.5) is 4.39 Å². The van der Waals surface area contributed by atoms with Crippen LogP contribution in [-0.4, -0.2) is 27.8 Å². The zero-order valence-corrected chi connectivity index (χ0v) is 11.0. The first kappa shape index (κ1) is 12.7. The largest absolute Gasteiger partial charge is 0.460 e. The highest BCUT2D eigenvalue weighted by molar-refractivity contribution is 9.10. The number of nitrogens with zero attached hydrogens (tertiary/aromatic N) is 2. The molecule has 0 aliphatic carbocycles. The molecule has 0 aliphatic rings. The molecule has 2 rings (SSSR count). The van der Waals surface area contributed by atoms with Crippen LogP contribution in [-0.2, 0) is 4.74 Å². The molecule has 0 saturated carbocycles. The van der Waals surface area contributed by atoms with Gasteiger partial charge in [0.05, 0.1) is 12.2 Å². The monoisotopic (exact) mass is 313 g/mol. The number of aromatic amines is 1. The van der Waals surface area contributed by atoms with Crippen LogP contribution in [0.2, 0.25) is 0 Å². The van der Waals surface area contributed by atoms with Gasteiger partial charge in [0.1, 0.15) is 5.82 Å². The molecule has 0 aliphatic heterocycles. The van der Waals surface area contributed by atoms with Crippen molar-refractivity contribution in [2.75, 3.05) is 6.61 Å². The number of aromatic nitrogens is 3. The zero-order valence-electron chi connectivity index (χ0n) is 9.41. The summed E-state index contributed by atoms with van der Waals surface area (Å²) in [7, 11) is 0. The summed E-state index contributed by atoms with van der Waals surface area (Å²) in [6.07, 6.45) is 0. The molecule has 2 aromatic rings. The van der Waals surface area contributed by atoms with Gasteiger partial charge >= 0.3 is 5.97 Å². The van der Waals surface area contributed by atoms with Crippen molar-refractivity contribution in [1.29, 1.82) is 0 Å². The fraction of sp³-hybridized carbons (Fsp3) is 0.182. The number of benzene rings is 1. The van der Waals surface area contributed by atoms with Gasteiger partial charge in [-0.05, 0) is 25.1 Å². The van der Waals surface area contributed by atoms with Gasteiger partial charge in [-0.1, -0.05) is 15.9 Å². The van der Waals surface area contributed by atoms with E-state index in [9.17, 15) is 9.18 Å². The molecule has 94 valence electrons. The molecule has 0 fully saturated rings. The SMILES string of the molecule is CCOC(=O)c1nc(-c2ccc(Br)cc2F)n[nH]1. The maximum Gasteiger partial charge on any atom is 0.375 e. The Kier molecular flexibility index (Phi) is 3.71. The smallest absolute Gasteiger partial charge is 0.375 e. The molecule has 0 bridgehead atoms. The van der Waals surface area contributed by atoms with Crippen LogP contribution >= 0.6 is 15.9 Å². The number of rotatable bonds is 3. The Morgan fingerprint density at radius 2 is 2.33 bits per heavy atom. The lowest BCUT2D eigenvalue weighted by atomic mass is 10.2. The van der Waals surface area contributed by atoms with Crippen molar-refractivity contribution in [2.24, 2.45) is 0 Å². The third kappa shape index (κ3) is 2.56. The average Bonchev–Trinajstić information content (AvgIpc) is 2.78. The Bertz CT molecular complexity index is 585. The molecule has 0 atom stereocenters. The van der Waals surface area contributed by atoms with Gasteiger partial charge < -0.3 is 4.74 Å². The highest BCUT2D eigenvalue weighted by atomic mass is 79.9. The van der Waals surface area contributed by atoms with E-state index in [0.29, 0.717) is 4.47 Å². The first-order valence-electron chi connectivity index (χ1n) is 5.16. The van der Waals surface area contributed by atoms with Gasteiger partial charge in [0.2, 0.25) is 5.82 Å². The molecular weight excluding hydrogens is 305 g/mol. The summed E-state index contributed by atoms with van der Waals surface area (Å²) in [6, 6.07) is 4.49. The van der Waals surface area contributed by atoms with Gasteiger partial charge in [-0.2, -0.15) is 5.10 Å². The first-order valence-corrected chi connectivity index (χ1v) is 5.96. The standard InChI is InChI=1S/C11H9BrFN3O2/c1-2-18-11(17)10-14-9(15-16-10)7-4-3-6(12)5-8(7)13/h3-5H,2H2,1H3,(H,14,15,16). The number of H-pyrrole nitrogens is 1. The van der Waals surface area contributed by atoms with Gasteiger partial charge in [-0.25, -0.2) is 14.2 Å². The molecular formula is C11H9BrFN3O2. The Morgan fingerprint density at radius 3 is 3.00 bits per heavy atom. The van der Waals surface area contributed by atoms with Gasteiger partial charge in [-0.3, -0.25) is 5.10 Å². The molecule has 0 amide bonds. The maximum absolute atomic E-state index is 13.7. The molecule has 0 saturated heterocycles. The van der Waals surface area contributed by atoms with E-state index < -0.39 is 11.8 Å². The summed E-state index contributed by atoms with van der Waals surface area (Å²) in [5, 5.41) is 6.20. The van der Waals surface area contributed by atoms with Gasteiger partial charge in [-0.15, -0.1) is 0 Å². The van der Waals surface area contributed by atoms with Crippen molar-refractivity contribution < 1.29 is 13.9 Å². The summed E-state index contributed by atoms with van der Waals surface area (Å²) in [5.41, 5.74) is 0.213. The van der Waals surface area contributed by atoms with Crippen LogP contribution in [0.25, 0.3) is 11.4 Å². The second-order valence-corrected chi connectivity index (χ2v) is 4.27. The molecule has 7 heteroatoms. The topological polar surface area (TPSA) is 67.9 Å². The lowest BCUT2D eigenvalue weighted by molar-refractivity contribution is 0.0512. The number of carbonyl (C=O) groups is 1. The normalized spacial score (nSPS) is 10.4. The predicted molar refractivity (Wildman–Crippen MR) is 65.4 cm³/mol. The van der Waals surface area contributed by atoms with E-state index in [1.54, 1.807) is 13.0 Å². The Morgan fingerprint density at radius 1 is 1.56 bits per heavy atom. The fourth-order valence-electron chi connectivity index (χ4n) is 1.34. The van der Waals surface area contributed by atoms with E-state index in [1.165, 1.54) is 12.1 Å². The van der Waals surface area contributed by atoms with E-state index in [4.69, 9.17) is 4.74 Å². The van der Waals surface area contributed by atoms with E-state index >= 15 is 0 Å². The second kappa shape index (κ2) is 5.26. The zero-order chi connectivity index (χ0) is 13.1. The number of ether oxygens (including phenoxy) is 1. The lowest BCUT2D eigenvalue weighted by Gasteiger charge is -1.98. The Balaban J connectivity index is 2.32. The minimum atomic E-state index is -0.617. The van der Waals surface area contributed by atoms with Crippen molar-refractivity contribution in [3.05, 3.63) is 34.3 Å². The first-order chi connectivity index (χ1) is 8.61. The van der Waals surface area contributed by atoms with Crippen LogP contribution in [0.5, 0.6) is 0 Å². The summed E-state index contributed by atoms with van der Waals surface area (Å²) >= 11 is 3.16. The predicted octanol–water partition coefficient (Wildman–Crippen LogP) is 2.55. The quantitative estimate of drug-likeness (QED) is 0.884. The highest BCUT2D eigenvalue weighted by Gasteiger charge is 2.16. The average molecular weight is 314 g/mol. The molecule has 1 N–H and O–H groups in total. The van der Waals surface area contributed by atoms with Crippen LogP contribution in [0.15, 0.2) is 22.7 Å². The van der Waals surface area contributed by atoms with E-state index in [-0.39, 0.29) is 23.8 Å². The molecule has 5 nitrogen and oxygen atoms in total. The summed E-state index contributed by atoms with van der Waals surface area (Å²) < 4.78 is 19.0. The molecule has 0 spiro atoms. The summed E-state index contributed by atoms with van der Waals surface area (Å²) in [5.74, 6) is -1.02. The third-order valence-corrected chi connectivity index (χ3v) is 2.62. The number of halogens is 2. The molecule has 1 aromatic heterocycles. The third-order valence-electron chi connectivity index (χ3n) is 2.13. The molecule has 18 heavy (non-hydrogen) atoms. The van der Waals surface area contributed by atoms with Crippen LogP contribution in [0.3, 0.4) is 0 Å². The molecule has 1 heterocycles. The Hall–Kier alpha value is -1.76. The van der Waals surface area contributed by atoms with Gasteiger partial charge in [0, 0.05) is 4.47 Å². The van der Waals surface area contributed by atoms with Crippen LogP contribution in [0, 0.1) is 5.82 Å². The van der Waals surface area contributed by atoms with E-state index in [0.717, 1.165) is 0 Å². The number of hydrogen-bond donors (Lipinski definition) is 1. The number of carbonyl (C=O) groups excluding carboxylic acids is 1. The van der Waals surface area contributed by atoms with Gasteiger partial charge in [0.25, 0.3) is 0 Å². The maximum atomic E-state index is 13.7. The van der Waals surface area contributed by atoms with Crippen LogP contribution < -0.4 is 0 Å². The van der Waals surface area contributed by atoms with Crippen molar-refractivity contribution >= 4 is 21.9 Å². The van der Waals surface area contributed by atoms with Crippen LogP contribution in [0.1, 0.15) is 17.5 Å². The number of hydrogen-bond acceptors (Lipinski definition) is 4. The van der Waals surface area contributed by atoms with Crippen molar-refractivity contribution in [2.45, 2.75) is 6.92 Å². The summed E-state index contributed by atoms with van der Waals surface area (Å²) in [4.78, 5) is 15.3. The second-order valence-electron chi connectivity index (χ2n) is 3.35. The van der Waals surface area contributed by atoms with E-state index in [2.05, 4.69) is 31.1 Å². The lowest BCUT2D eigenvalue weighted by Crippen LogP contribution is -2.06.